The van der Waals surface area contributed by atoms with Gasteiger partial charge < -0.3 is 0 Å². The molecule has 0 aromatic heterocycles. The van der Waals surface area contributed by atoms with Gasteiger partial charge in [0.05, 0.1) is 4.90 Å². The Bertz CT molecular complexity index is 489. The van der Waals surface area contributed by atoms with Crippen LogP contribution in [0.5, 0.6) is 0 Å². The van der Waals surface area contributed by atoms with Crippen LogP contribution in [0.2, 0.25) is 0 Å². The van der Waals surface area contributed by atoms with Crippen molar-refractivity contribution >= 4 is 15.6 Å². The van der Waals surface area contributed by atoms with Crippen LogP contribution in [0.1, 0.15) is 43.0 Å². The number of hydrogen-bond acceptors (Lipinski definition) is 3. The number of carbonyl (C=O) groups excluding carboxylic acids is 1. The second-order valence-corrected chi connectivity index (χ2v) is 6.20. The molecule has 0 saturated carbocycles. The molecule has 0 bridgehead atoms. The van der Waals surface area contributed by atoms with Crippen molar-refractivity contribution in [2.75, 3.05) is 6.26 Å². The molecule has 17 heavy (non-hydrogen) atoms. The Balaban J connectivity index is 2.82. The minimum Gasteiger partial charge on any atom is -0.294 e. The number of ketones is 1. The van der Waals surface area contributed by atoms with E-state index in [0.29, 0.717) is 12.0 Å². The fraction of sp³-hybridized carbons (Fsp3) is 0.462. The third-order valence-electron chi connectivity index (χ3n) is 2.59. The molecular weight excluding hydrogens is 236 g/mol. The smallest absolute Gasteiger partial charge is 0.175 e. The maximum atomic E-state index is 11.8. The predicted octanol–water partition coefficient (Wildman–Crippen LogP) is 2.85. The van der Waals surface area contributed by atoms with Crippen molar-refractivity contribution in [1.29, 1.82) is 0 Å². The van der Waals surface area contributed by atoms with Crippen LogP contribution in [0.4, 0.5) is 0 Å². The van der Waals surface area contributed by atoms with E-state index in [1.54, 1.807) is 12.1 Å². The van der Waals surface area contributed by atoms with Gasteiger partial charge in [-0.1, -0.05) is 31.9 Å². The van der Waals surface area contributed by atoms with E-state index in [1.165, 1.54) is 12.1 Å². The Labute approximate surface area is 103 Å². The molecule has 0 aliphatic heterocycles. The fourth-order valence-corrected chi connectivity index (χ4v) is 2.25. The Kier molecular flexibility index (Phi) is 4.87. The molecule has 0 saturated heterocycles. The minimum atomic E-state index is -3.24. The molecule has 0 aliphatic rings. The number of sulfone groups is 1. The van der Waals surface area contributed by atoms with E-state index in [0.717, 1.165) is 25.5 Å². The molecule has 0 heterocycles. The van der Waals surface area contributed by atoms with Crippen molar-refractivity contribution in [1.82, 2.24) is 0 Å². The summed E-state index contributed by atoms with van der Waals surface area (Å²) < 4.78 is 22.7. The first-order chi connectivity index (χ1) is 7.95. The standard InChI is InChI=1S/C13H18O3S/c1-3-4-5-9-13(14)11-7-6-8-12(10-11)17(2,15)16/h6-8,10H,3-5,9H2,1-2H3. The zero-order chi connectivity index (χ0) is 12.9. The van der Waals surface area contributed by atoms with Crippen LogP contribution in [0, 0.1) is 0 Å². The average Bonchev–Trinajstić information content (AvgIpc) is 2.28. The van der Waals surface area contributed by atoms with Crippen LogP contribution in [0.25, 0.3) is 0 Å². The van der Waals surface area contributed by atoms with Crippen LogP contribution in [0.15, 0.2) is 29.2 Å². The number of benzene rings is 1. The molecule has 0 aliphatic carbocycles. The first-order valence-corrected chi connectivity index (χ1v) is 7.67. The lowest BCUT2D eigenvalue weighted by Crippen LogP contribution is -2.02. The van der Waals surface area contributed by atoms with Gasteiger partial charge >= 0.3 is 0 Å². The zero-order valence-corrected chi connectivity index (χ0v) is 11.1. The van der Waals surface area contributed by atoms with Crippen molar-refractivity contribution in [3.05, 3.63) is 29.8 Å². The van der Waals surface area contributed by atoms with E-state index in [1.807, 2.05) is 0 Å². The van der Waals surface area contributed by atoms with Gasteiger partial charge in [-0.3, -0.25) is 4.79 Å². The number of unbranched alkanes of at least 4 members (excludes halogenated alkanes) is 2. The molecule has 1 aromatic rings. The Morgan fingerprint density at radius 1 is 1.24 bits per heavy atom. The van der Waals surface area contributed by atoms with Gasteiger partial charge in [0.2, 0.25) is 0 Å². The van der Waals surface area contributed by atoms with Crippen molar-refractivity contribution in [2.24, 2.45) is 0 Å². The van der Waals surface area contributed by atoms with Crippen LogP contribution >= 0.6 is 0 Å². The number of Topliss-reactive ketones (excluding diaryl/α,β-unsaturated/α-hetero) is 1. The summed E-state index contributed by atoms with van der Waals surface area (Å²) >= 11 is 0. The third kappa shape index (κ3) is 4.30. The van der Waals surface area contributed by atoms with E-state index < -0.39 is 9.84 Å². The lowest BCUT2D eigenvalue weighted by Gasteiger charge is -2.03. The summed E-state index contributed by atoms with van der Waals surface area (Å²) in [7, 11) is -3.24. The first-order valence-electron chi connectivity index (χ1n) is 5.78. The van der Waals surface area contributed by atoms with Gasteiger partial charge in [-0.15, -0.1) is 0 Å². The van der Waals surface area contributed by atoms with Gasteiger partial charge in [0.1, 0.15) is 0 Å². The predicted molar refractivity (Wildman–Crippen MR) is 68.0 cm³/mol. The second-order valence-electron chi connectivity index (χ2n) is 4.18. The zero-order valence-electron chi connectivity index (χ0n) is 10.3. The highest BCUT2D eigenvalue weighted by atomic mass is 32.2. The topological polar surface area (TPSA) is 51.2 Å². The van der Waals surface area contributed by atoms with Crippen LogP contribution in [0.3, 0.4) is 0 Å². The summed E-state index contributed by atoms with van der Waals surface area (Å²) in [4.78, 5) is 12.0. The molecule has 94 valence electrons. The van der Waals surface area contributed by atoms with Crippen LogP contribution in [-0.4, -0.2) is 20.5 Å². The Hall–Kier alpha value is -1.16. The first kappa shape index (κ1) is 13.9. The molecule has 0 unspecified atom stereocenters. The van der Waals surface area contributed by atoms with Gasteiger partial charge in [0.15, 0.2) is 15.6 Å². The summed E-state index contributed by atoms with van der Waals surface area (Å²) in [5.41, 5.74) is 0.490. The summed E-state index contributed by atoms with van der Waals surface area (Å²) in [5, 5.41) is 0. The van der Waals surface area contributed by atoms with Gasteiger partial charge in [-0.25, -0.2) is 8.42 Å². The van der Waals surface area contributed by atoms with E-state index >= 15 is 0 Å². The molecule has 3 nitrogen and oxygen atoms in total. The summed E-state index contributed by atoms with van der Waals surface area (Å²) in [6.07, 6.45) is 4.58. The maximum absolute atomic E-state index is 11.8. The summed E-state index contributed by atoms with van der Waals surface area (Å²) in [6, 6.07) is 6.26. The van der Waals surface area contributed by atoms with Gasteiger partial charge in [0, 0.05) is 18.2 Å². The van der Waals surface area contributed by atoms with E-state index in [4.69, 9.17) is 0 Å². The van der Waals surface area contributed by atoms with E-state index in [9.17, 15) is 13.2 Å². The highest BCUT2D eigenvalue weighted by Crippen LogP contribution is 2.14. The van der Waals surface area contributed by atoms with E-state index in [-0.39, 0.29) is 10.7 Å². The number of carbonyl (C=O) groups is 1. The normalized spacial score (nSPS) is 11.4. The summed E-state index contributed by atoms with van der Waals surface area (Å²) in [5.74, 6) is 0.0175. The molecule has 0 N–H and O–H groups in total. The molecule has 1 rings (SSSR count). The Morgan fingerprint density at radius 2 is 1.94 bits per heavy atom. The highest BCUT2D eigenvalue weighted by molar-refractivity contribution is 7.90. The van der Waals surface area contributed by atoms with Crippen molar-refractivity contribution < 1.29 is 13.2 Å². The molecule has 0 atom stereocenters. The minimum absolute atomic E-state index is 0.0175. The molecule has 0 fully saturated rings. The van der Waals surface area contributed by atoms with Crippen molar-refractivity contribution in [3.63, 3.8) is 0 Å². The SMILES string of the molecule is CCCCCC(=O)c1cccc(S(C)(=O)=O)c1. The third-order valence-corrected chi connectivity index (χ3v) is 3.70. The molecule has 4 heteroatoms. The van der Waals surface area contributed by atoms with Crippen molar-refractivity contribution in [3.8, 4) is 0 Å². The average molecular weight is 254 g/mol. The van der Waals surface area contributed by atoms with Gasteiger partial charge in [0.25, 0.3) is 0 Å². The fourth-order valence-electron chi connectivity index (χ4n) is 1.58. The van der Waals surface area contributed by atoms with Crippen molar-refractivity contribution in [2.45, 2.75) is 37.5 Å². The molecule has 0 radical (unpaired) electrons. The lowest BCUT2D eigenvalue weighted by atomic mass is 10.1. The van der Waals surface area contributed by atoms with E-state index in [2.05, 4.69) is 6.92 Å². The molecule has 0 spiro atoms. The summed E-state index contributed by atoms with van der Waals surface area (Å²) in [6.45, 7) is 2.08. The Morgan fingerprint density at radius 3 is 2.53 bits per heavy atom. The maximum Gasteiger partial charge on any atom is 0.175 e. The van der Waals surface area contributed by atoms with Gasteiger partial charge in [-0.2, -0.15) is 0 Å². The lowest BCUT2D eigenvalue weighted by molar-refractivity contribution is 0.0979. The molecule has 1 aromatic carbocycles. The second kappa shape index (κ2) is 5.96. The van der Waals surface area contributed by atoms with Gasteiger partial charge in [-0.05, 0) is 18.6 Å². The monoisotopic (exact) mass is 254 g/mol. The molecule has 0 amide bonds. The number of hydrogen-bond donors (Lipinski definition) is 0. The van der Waals surface area contributed by atoms with Crippen LogP contribution in [-0.2, 0) is 9.84 Å². The quantitative estimate of drug-likeness (QED) is 0.579. The van der Waals surface area contributed by atoms with Crippen LogP contribution < -0.4 is 0 Å². The highest BCUT2D eigenvalue weighted by Gasteiger charge is 2.11. The number of rotatable bonds is 6. The molecular formula is C13H18O3S. The largest absolute Gasteiger partial charge is 0.294 e.